The van der Waals surface area contributed by atoms with Gasteiger partial charge in [-0.2, -0.15) is 0 Å². The molecule has 11 aromatic rings. The van der Waals surface area contributed by atoms with Gasteiger partial charge in [0.25, 0.3) is 0 Å². The second-order valence-corrected chi connectivity index (χ2v) is 14.4. The highest BCUT2D eigenvalue weighted by molar-refractivity contribution is 6.26. The molecule has 0 radical (unpaired) electrons. The Labute approximate surface area is 332 Å². The SMILES string of the molecule is c1ccc(-c2nc(-c3ccccc3)nc(-c3cc(-n4c5ccccc5c5c4ccc4c6ccccc6n(-c6ccccc6)c45)cc4c3Oc3ccccc3O4)n2)cc1. The second kappa shape index (κ2) is 12.8. The number of aromatic nitrogens is 5. The molecule has 0 spiro atoms. The van der Waals surface area contributed by atoms with Crippen LogP contribution in [0.2, 0.25) is 0 Å². The summed E-state index contributed by atoms with van der Waals surface area (Å²) in [5, 5.41) is 4.70. The third-order valence-corrected chi connectivity index (χ3v) is 11.0. The Morgan fingerprint density at radius 1 is 0.362 bits per heavy atom. The average molecular weight is 746 g/mol. The van der Waals surface area contributed by atoms with E-state index in [9.17, 15) is 0 Å². The Bertz CT molecular complexity index is 3340. The smallest absolute Gasteiger partial charge is 0.181 e. The van der Waals surface area contributed by atoms with E-state index in [1.54, 1.807) is 0 Å². The topological polar surface area (TPSA) is 67.0 Å². The molecule has 58 heavy (non-hydrogen) atoms. The van der Waals surface area contributed by atoms with Crippen LogP contribution in [0, 0.1) is 0 Å². The Kier molecular flexibility index (Phi) is 7.09. The van der Waals surface area contributed by atoms with E-state index in [1.807, 2.05) is 84.9 Å². The first-order valence-corrected chi connectivity index (χ1v) is 19.3. The van der Waals surface area contributed by atoms with E-state index >= 15 is 0 Å². The van der Waals surface area contributed by atoms with Crippen molar-refractivity contribution in [3.63, 3.8) is 0 Å². The van der Waals surface area contributed by atoms with Gasteiger partial charge in [0.05, 0.1) is 33.3 Å². The van der Waals surface area contributed by atoms with Crippen LogP contribution in [0.3, 0.4) is 0 Å². The lowest BCUT2D eigenvalue weighted by Gasteiger charge is -2.24. The maximum atomic E-state index is 6.72. The molecule has 4 heterocycles. The first-order chi connectivity index (χ1) is 28.8. The van der Waals surface area contributed by atoms with E-state index in [0.29, 0.717) is 46.0 Å². The molecular formula is C51H31N5O2. The number of rotatable bonds is 5. The minimum atomic E-state index is 0.473. The Balaban J connectivity index is 1.17. The molecule has 0 unspecified atom stereocenters. The van der Waals surface area contributed by atoms with Crippen LogP contribution in [-0.2, 0) is 0 Å². The fraction of sp³-hybridized carbons (Fsp3) is 0. The van der Waals surface area contributed by atoms with Crippen LogP contribution in [0.5, 0.6) is 23.0 Å². The Morgan fingerprint density at radius 2 is 0.914 bits per heavy atom. The predicted octanol–water partition coefficient (Wildman–Crippen LogP) is 13.0. The fourth-order valence-electron chi connectivity index (χ4n) is 8.47. The van der Waals surface area contributed by atoms with Crippen LogP contribution in [0.15, 0.2) is 188 Å². The van der Waals surface area contributed by atoms with E-state index < -0.39 is 0 Å². The maximum Gasteiger partial charge on any atom is 0.181 e. The van der Waals surface area contributed by atoms with Crippen LogP contribution in [0.25, 0.3) is 89.2 Å². The first kappa shape index (κ1) is 32.2. The van der Waals surface area contributed by atoms with Gasteiger partial charge < -0.3 is 18.6 Å². The summed E-state index contributed by atoms with van der Waals surface area (Å²) in [7, 11) is 0. The fourth-order valence-corrected chi connectivity index (χ4v) is 8.47. The first-order valence-electron chi connectivity index (χ1n) is 19.3. The molecule has 0 N–H and O–H groups in total. The summed E-state index contributed by atoms with van der Waals surface area (Å²) in [5.41, 5.74) is 8.88. The molecule has 0 bridgehead atoms. The zero-order valence-corrected chi connectivity index (χ0v) is 31.0. The van der Waals surface area contributed by atoms with Crippen molar-refractivity contribution in [3.8, 4) is 68.5 Å². The Hall–Kier alpha value is -8.03. The largest absolute Gasteiger partial charge is 0.449 e. The lowest BCUT2D eigenvalue weighted by molar-refractivity contribution is 0.360. The number of benzene rings is 8. The van der Waals surface area contributed by atoms with E-state index in [4.69, 9.17) is 24.4 Å². The molecule has 0 fully saturated rings. The van der Waals surface area contributed by atoms with Gasteiger partial charge in [0, 0.05) is 44.4 Å². The van der Waals surface area contributed by atoms with Gasteiger partial charge in [0.15, 0.2) is 40.5 Å². The highest BCUT2D eigenvalue weighted by Gasteiger charge is 2.28. The summed E-state index contributed by atoms with van der Waals surface area (Å²) in [4.78, 5) is 15.3. The highest BCUT2D eigenvalue weighted by atomic mass is 16.6. The molecule has 1 aliphatic rings. The number of fused-ring (bicyclic) bond motifs is 9. The van der Waals surface area contributed by atoms with Gasteiger partial charge in [-0.25, -0.2) is 15.0 Å². The molecule has 0 aliphatic carbocycles. The van der Waals surface area contributed by atoms with Crippen molar-refractivity contribution in [2.45, 2.75) is 0 Å². The summed E-state index contributed by atoms with van der Waals surface area (Å²) in [6, 6.07) is 64.4. The molecule has 7 nitrogen and oxygen atoms in total. The van der Waals surface area contributed by atoms with Crippen molar-refractivity contribution in [1.29, 1.82) is 0 Å². The van der Waals surface area contributed by atoms with Crippen molar-refractivity contribution in [3.05, 3.63) is 188 Å². The monoisotopic (exact) mass is 745 g/mol. The van der Waals surface area contributed by atoms with E-state index in [2.05, 4.69) is 112 Å². The second-order valence-electron chi connectivity index (χ2n) is 14.4. The third kappa shape index (κ3) is 4.97. The lowest BCUT2D eigenvalue weighted by atomic mass is 10.1. The summed E-state index contributed by atoms with van der Waals surface area (Å²) in [6.07, 6.45) is 0. The molecule has 3 aromatic heterocycles. The molecule has 8 aromatic carbocycles. The van der Waals surface area contributed by atoms with Crippen molar-refractivity contribution >= 4 is 43.6 Å². The van der Waals surface area contributed by atoms with Crippen LogP contribution in [0.1, 0.15) is 0 Å². The summed E-state index contributed by atoms with van der Waals surface area (Å²) in [5.74, 6) is 3.97. The quantitative estimate of drug-likeness (QED) is 0.175. The van der Waals surface area contributed by atoms with Gasteiger partial charge in [-0.15, -0.1) is 0 Å². The number of para-hydroxylation sites is 5. The molecule has 0 saturated carbocycles. The van der Waals surface area contributed by atoms with Crippen LogP contribution in [-0.4, -0.2) is 24.1 Å². The number of ether oxygens (including phenoxy) is 2. The van der Waals surface area contributed by atoms with Gasteiger partial charge in [-0.3, -0.25) is 0 Å². The van der Waals surface area contributed by atoms with Gasteiger partial charge in [0.2, 0.25) is 0 Å². The van der Waals surface area contributed by atoms with Crippen molar-refractivity contribution in [1.82, 2.24) is 24.1 Å². The van der Waals surface area contributed by atoms with Crippen LogP contribution in [0.4, 0.5) is 0 Å². The predicted molar refractivity (Wildman–Crippen MR) is 231 cm³/mol. The van der Waals surface area contributed by atoms with Gasteiger partial charge in [-0.1, -0.05) is 133 Å². The molecule has 0 atom stereocenters. The molecule has 1 aliphatic heterocycles. The molecule has 0 amide bonds. The molecule has 12 rings (SSSR count). The summed E-state index contributed by atoms with van der Waals surface area (Å²) in [6.45, 7) is 0. The standard InChI is InChI=1S/C51H31N5O2/c1-4-16-32(17-5-1)49-52-50(33-18-6-2-7-19-33)54-51(53-49)39-30-35(31-45-48(39)58-44-27-15-14-26-43(44)57-45)55-41-25-13-11-23-38(41)46-42(55)29-28-37-36-22-10-12-24-40(36)56(47(37)46)34-20-8-3-9-21-34/h1-31H. The lowest BCUT2D eigenvalue weighted by Crippen LogP contribution is -2.06. The number of hydrogen-bond acceptors (Lipinski definition) is 5. The normalized spacial score (nSPS) is 12.1. The Morgan fingerprint density at radius 3 is 1.60 bits per heavy atom. The highest BCUT2D eigenvalue weighted by Crippen LogP contribution is 2.51. The van der Waals surface area contributed by atoms with E-state index in [-0.39, 0.29) is 0 Å². The molecule has 272 valence electrons. The minimum Gasteiger partial charge on any atom is -0.449 e. The van der Waals surface area contributed by atoms with Crippen LogP contribution < -0.4 is 9.47 Å². The summed E-state index contributed by atoms with van der Waals surface area (Å²) >= 11 is 0. The maximum absolute atomic E-state index is 6.72. The van der Waals surface area contributed by atoms with Crippen molar-refractivity contribution < 1.29 is 9.47 Å². The average Bonchev–Trinajstić information content (AvgIpc) is 3.82. The van der Waals surface area contributed by atoms with Gasteiger partial charge in [-0.05, 0) is 48.5 Å². The zero-order chi connectivity index (χ0) is 38.2. The number of nitrogens with zero attached hydrogens (tertiary/aromatic N) is 5. The van der Waals surface area contributed by atoms with E-state index in [0.717, 1.165) is 55.3 Å². The number of hydrogen-bond donors (Lipinski definition) is 0. The molecule has 7 heteroatoms. The van der Waals surface area contributed by atoms with E-state index in [1.165, 1.54) is 10.8 Å². The van der Waals surface area contributed by atoms with Crippen LogP contribution >= 0.6 is 0 Å². The van der Waals surface area contributed by atoms with Gasteiger partial charge in [0.1, 0.15) is 0 Å². The summed E-state index contributed by atoms with van der Waals surface area (Å²) < 4.78 is 18.1. The minimum absolute atomic E-state index is 0.473. The third-order valence-electron chi connectivity index (χ3n) is 11.0. The molecule has 0 saturated heterocycles. The van der Waals surface area contributed by atoms with Crippen molar-refractivity contribution in [2.75, 3.05) is 0 Å². The zero-order valence-electron chi connectivity index (χ0n) is 31.0. The van der Waals surface area contributed by atoms with Crippen molar-refractivity contribution in [2.24, 2.45) is 0 Å². The molecular weight excluding hydrogens is 715 g/mol. The van der Waals surface area contributed by atoms with Gasteiger partial charge >= 0.3 is 0 Å².